The lowest BCUT2D eigenvalue weighted by Crippen LogP contribution is -2.43. The van der Waals surface area contributed by atoms with Crippen LogP contribution in [0.3, 0.4) is 0 Å². The molecule has 2 aliphatic rings. The zero-order chi connectivity index (χ0) is 13.9. The van der Waals surface area contributed by atoms with Crippen LogP contribution in [0.1, 0.15) is 29.6 Å². The second-order valence-electron chi connectivity index (χ2n) is 5.75. The lowest BCUT2D eigenvalue weighted by molar-refractivity contribution is 0.0678. The summed E-state index contributed by atoms with van der Waals surface area (Å²) < 4.78 is 0. The van der Waals surface area contributed by atoms with Gasteiger partial charge in [-0.1, -0.05) is 12.1 Å². The Morgan fingerprint density at radius 1 is 1.35 bits per heavy atom. The van der Waals surface area contributed by atoms with Gasteiger partial charge < -0.3 is 10.2 Å². The monoisotopic (exact) mass is 290 g/mol. The van der Waals surface area contributed by atoms with Crippen molar-refractivity contribution in [3.05, 3.63) is 29.8 Å². The van der Waals surface area contributed by atoms with Gasteiger partial charge in [0.2, 0.25) is 0 Å². The molecule has 3 nitrogen and oxygen atoms in total. The Bertz CT molecular complexity index is 481. The van der Waals surface area contributed by atoms with E-state index in [0.717, 1.165) is 42.4 Å². The van der Waals surface area contributed by atoms with E-state index in [4.69, 9.17) is 0 Å². The summed E-state index contributed by atoms with van der Waals surface area (Å²) in [5, 5.41) is 3.38. The number of carbonyl (C=O) groups is 1. The average Bonchev–Trinajstić information content (AvgIpc) is 3.15. The second kappa shape index (κ2) is 6.19. The first-order valence-electron chi connectivity index (χ1n) is 7.44. The molecule has 0 radical (unpaired) electrons. The number of carbonyl (C=O) groups excluding carboxylic acids is 1. The fourth-order valence-corrected chi connectivity index (χ4v) is 3.45. The molecule has 0 aromatic heterocycles. The Balaban J connectivity index is 1.83. The second-order valence-corrected chi connectivity index (χ2v) is 6.60. The third-order valence-electron chi connectivity index (χ3n) is 4.23. The molecule has 2 fully saturated rings. The average molecular weight is 290 g/mol. The molecule has 1 amide bonds. The van der Waals surface area contributed by atoms with Crippen molar-refractivity contribution in [1.82, 2.24) is 10.2 Å². The van der Waals surface area contributed by atoms with Crippen LogP contribution in [0.15, 0.2) is 29.2 Å². The Hall–Kier alpha value is -1.00. The van der Waals surface area contributed by atoms with Gasteiger partial charge in [-0.05, 0) is 50.1 Å². The van der Waals surface area contributed by atoms with Gasteiger partial charge in [0.15, 0.2) is 0 Å². The maximum absolute atomic E-state index is 13.0. The fraction of sp³-hybridized carbons (Fsp3) is 0.562. The summed E-state index contributed by atoms with van der Waals surface area (Å²) in [4.78, 5) is 16.2. The summed E-state index contributed by atoms with van der Waals surface area (Å²) in [7, 11) is 0. The van der Waals surface area contributed by atoms with Gasteiger partial charge in [0, 0.05) is 24.0 Å². The van der Waals surface area contributed by atoms with E-state index in [2.05, 4.69) is 10.2 Å². The summed E-state index contributed by atoms with van der Waals surface area (Å²) in [5.74, 6) is 0.955. The highest BCUT2D eigenvalue weighted by Crippen LogP contribution is 2.32. The highest BCUT2D eigenvalue weighted by molar-refractivity contribution is 7.98. The van der Waals surface area contributed by atoms with Crippen LogP contribution in [-0.4, -0.2) is 42.7 Å². The minimum atomic E-state index is 0.218. The number of thioether (sulfide) groups is 1. The van der Waals surface area contributed by atoms with Crippen molar-refractivity contribution >= 4 is 17.7 Å². The van der Waals surface area contributed by atoms with Crippen LogP contribution in [-0.2, 0) is 0 Å². The number of hydrogen-bond donors (Lipinski definition) is 1. The number of hydrogen-bond acceptors (Lipinski definition) is 3. The lowest BCUT2D eigenvalue weighted by Gasteiger charge is -2.29. The standard InChI is InChI=1S/C16H22N2OS/c1-20-15-5-3-2-4-14(15)16(19)18(11-12-6-7-12)13-8-9-17-10-13/h2-5,12-13,17H,6-11H2,1H3. The molecule has 108 valence electrons. The molecule has 1 aromatic carbocycles. The van der Waals surface area contributed by atoms with E-state index in [1.54, 1.807) is 11.8 Å². The van der Waals surface area contributed by atoms with Crippen molar-refractivity contribution in [2.75, 3.05) is 25.9 Å². The van der Waals surface area contributed by atoms with E-state index < -0.39 is 0 Å². The minimum absolute atomic E-state index is 0.218. The van der Waals surface area contributed by atoms with Gasteiger partial charge >= 0.3 is 0 Å². The van der Waals surface area contributed by atoms with Gasteiger partial charge in [0.05, 0.1) is 5.56 Å². The summed E-state index contributed by atoms with van der Waals surface area (Å²) >= 11 is 1.66. The topological polar surface area (TPSA) is 32.3 Å². The van der Waals surface area contributed by atoms with Crippen molar-refractivity contribution in [3.63, 3.8) is 0 Å². The zero-order valence-electron chi connectivity index (χ0n) is 12.0. The van der Waals surface area contributed by atoms with Crippen LogP contribution in [0, 0.1) is 5.92 Å². The summed E-state index contributed by atoms with van der Waals surface area (Å²) in [6.07, 6.45) is 5.69. The van der Waals surface area contributed by atoms with Gasteiger partial charge in [-0.15, -0.1) is 11.8 Å². The molecule has 1 saturated heterocycles. The molecule has 1 saturated carbocycles. The summed E-state index contributed by atoms with van der Waals surface area (Å²) in [6.45, 7) is 2.91. The molecule has 0 bridgehead atoms. The molecule has 1 aliphatic heterocycles. The van der Waals surface area contributed by atoms with Crippen molar-refractivity contribution in [3.8, 4) is 0 Å². The van der Waals surface area contributed by atoms with Crippen LogP contribution in [0.2, 0.25) is 0 Å². The van der Waals surface area contributed by atoms with Crippen LogP contribution in [0.25, 0.3) is 0 Å². The number of benzene rings is 1. The van der Waals surface area contributed by atoms with Crippen molar-refractivity contribution < 1.29 is 4.79 Å². The maximum atomic E-state index is 13.0. The normalized spacial score (nSPS) is 21.9. The molecule has 20 heavy (non-hydrogen) atoms. The van der Waals surface area contributed by atoms with E-state index in [1.165, 1.54) is 12.8 Å². The lowest BCUT2D eigenvalue weighted by atomic mass is 10.1. The molecule has 1 unspecified atom stereocenters. The first-order valence-corrected chi connectivity index (χ1v) is 8.66. The molecular formula is C16H22N2OS. The van der Waals surface area contributed by atoms with E-state index in [-0.39, 0.29) is 5.91 Å². The van der Waals surface area contributed by atoms with Gasteiger partial charge in [-0.25, -0.2) is 0 Å². The number of nitrogens with one attached hydrogen (secondary N) is 1. The van der Waals surface area contributed by atoms with Crippen molar-refractivity contribution in [1.29, 1.82) is 0 Å². The van der Waals surface area contributed by atoms with Gasteiger partial charge in [-0.3, -0.25) is 4.79 Å². The predicted molar refractivity (Wildman–Crippen MR) is 83.3 cm³/mol. The first-order chi connectivity index (χ1) is 9.79. The van der Waals surface area contributed by atoms with Gasteiger partial charge in [0.25, 0.3) is 5.91 Å². The van der Waals surface area contributed by atoms with Gasteiger partial charge in [-0.2, -0.15) is 0 Å². The van der Waals surface area contributed by atoms with E-state index in [0.29, 0.717) is 6.04 Å². The zero-order valence-corrected chi connectivity index (χ0v) is 12.8. The Morgan fingerprint density at radius 3 is 2.80 bits per heavy atom. The molecule has 3 rings (SSSR count). The van der Waals surface area contributed by atoms with Crippen molar-refractivity contribution in [2.24, 2.45) is 5.92 Å². The molecule has 0 spiro atoms. The van der Waals surface area contributed by atoms with Crippen LogP contribution in [0.4, 0.5) is 0 Å². The molecular weight excluding hydrogens is 268 g/mol. The van der Waals surface area contributed by atoms with E-state index in [9.17, 15) is 4.79 Å². The molecule has 1 atom stereocenters. The summed E-state index contributed by atoms with van der Waals surface area (Å²) in [6, 6.07) is 8.36. The Morgan fingerprint density at radius 2 is 2.15 bits per heavy atom. The van der Waals surface area contributed by atoms with Crippen LogP contribution >= 0.6 is 11.8 Å². The van der Waals surface area contributed by atoms with E-state index in [1.807, 2.05) is 30.5 Å². The third-order valence-corrected chi connectivity index (χ3v) is 5.02. The number of nitrogens with zero attached hydrogens (tertiary/aromatic N) is 1. The van der Waals surface area contributed by atoms with Crippen LogP contribution < -0.4 is 5.32 Å². The fourth-order valence-electron chi connectivity index (χ4n) is 2.86. The number of rotatable bonds is 5. The highest BCUT2D eigenvalue weighted by atomic mass is 32.2. The molecule has 1 aromatic rings. The minimum Gasteiger partial charge on any atom is -0.334 e. The SMILES string of the molecule is CSc1ccccc1C(=O)N(CC1CC1)C1CCNC1. The molecule has 1 N–H and O–H groups in total. The molecule has 1 heterocycles. The Labute approximate surface area is 125 Å². The largest absolute Gasteiger partial charge is 0.334 e. The maximum Gasteiger partial charge on any atom is 0.255 e. The summed E-state index contributed by atoms with van der Waals surface area (Å²) in [5.41, 5.74) is 0.868. The predicted octanol–water partition coefficient (Wildman–Crippen LogP) is 2.62. The molecule has 1 aliphatic carbocycles. The first kappa shape index (κ1) is 14.0. The number of amides is 1. The van der Waals surface area contributed by atoms with E-state index >= 15 is 0 Å². The molecule has 4 heteroatoms. The van der Waals surface area contributed by atoms with Crippen LogP contribution in [0.5, 0.6) is 0 Å². The Kier molecular flexibility index (Phi) is 4.32. The smallest absolute Gasteiger partial charge is 0.255 e. The third kappa shape index (κ3) is 3.01. The highest BCUT2D eigenvalue weighted by Gasteiger charge is 2.33. The van der Waals surface area contributed by atoms with Crippen molar-refractivity contribution in [2.45, 2.75) is 30.2 Å². The van der Waals surface area contributed by atoms with Gasteiger partial charge in [0.1, 0.15) is 0 Å². The quantitative estimate of drug-likeness (QED) is 0.846.